The Morgan fingerprint density at radius 2 is 2.00 bits per heavy atom. The first-order valence-electron chi connectivity index (χ1n) is 6.92. The van der Waals surface area contributed by atoms with Crippen molar-refractivity contribution < 1.29 is 13.9 Å². The molecule has 0 saturated heterocycles. The van der Waals surface area contributed by atoms with Crippen LogP contribution in [0.4, 0.5) is 5.69 Å². The third-order valence-corrected chi connectivity index (χ3v) is 3.66. The number of esters is 1. The zero-order valence-electron chi connectivity index (χ0n) is 12.1. The van der Waals surface area contributed by atoms with Gasteiger partial charge in [-0.15, -0.1) is 0 Å². The summed E-state index contributed by atoms with van der Waals surface area (Å²) in [5, 5.41) is 3.27. The minimum atomic E-state index is -0.316. The van der Waals surface area contributed by atoms with Gasteiger partial charge in [-0.3, -0.25) is 0 Å². The van der Waals surface area contributed by atoms with Crippen LogP contribution in [0.15, 0.2) is 39.2 Å². The maximum absolute atomic E-state index is 11.6. The Labute approximate surface area is 132 Å². The van der Waals surface area contributed by atoms with E-state index in [1.807, 2.05) is 18.2 Å². The van der Waals surface area contributed by atoms with Crippen molar-refractivity contribution in [3.8, 4) is 0 Å². The number of halogens is 1. The van der Waals surface area contributed by atoms with Crippen molar-refractivity contribution >= 4 is 27.6 Å². The summed E-state index contributed by atoms with van der Waals surface area (Å²) in [4.78, 5) is 11.6. The molecule has 21 heavy (non-hydrogen) atoms. The van der Waals surface area contributed by atoms with Gasteiger partial charge in [0.1, 0.15) is 11.5 Å². The lowest BCUT2D eigenvalue weighted by molar-refractivity contribution is 0.0526. The summed E-state index contributed by atoms with van der Waals surface area (Å²) >= 11 is 3.46. The molecule has 112 valence electrons. The van der Waals surface area contributed by atoms with Crippen molar-refractivity contribution in [2.24, 2.45) is 0 Å². The van der Waals surface area contributed by atoms with Crippen molar-refractivity contribution in [1.29, 1.82) is 0 Å². The quantitative estimate of drug-likeness (QED) is 0.784. The number of furan rings is 1. The van der Waals surface area contributed by atoms with Crippen LogP contribution in [0.1, 0.15) is 35.7 Å². The first-order valence-corrected chi connectivity index (χ1v) is 7.71. The number of anilines is 1. The summed E-state index contributed by atoms with van der Waals surface area (Å²) in [6.07, 6.45) is 0.887. The zero-order valence-corrected chi connectivity index (χ0v) is 13.7. The number of hydrogen-bond acceptors (Lipinski definition) is 4. The summed E-state index contributed by atoms with van der Waals surface area (Å²) in [6, 6.07) is 9.28. The van der Waals surface area contributed by atoms with E-state index >= 15 is 0 Å². The van der Waals surface area contributed by atoms with Crippen LogP contribution in [0, 0.1) is 0 Å². The molecule has 4 nitrogen and oxygen atoms in total. The van der Waals surface area contributed by atoms with Gasteiger partial charge < -0.3 is 14.5 Å². The fraction of sp³-hybridized carbons (Fsp3) is 0.312. The van der Waals surface area contributed by atoms with Crippen LogP contribution in [0.2, 0.25) is 0 Å². The second-order valence-corrected chi connectivity index (χ2v) is 5.34. The van der Waals surface area contributed by atoms with Crippen molar-refractivity contribution in [2.45, 2.75) is 26.8 Å². The molecule has 0 unspecified atom stereocenters. The number of benzene rings is 1. The van der Waals surface area contributed by atoms with Gasteiger partial charge in [0.05, 0.1) is 18.7 Å². The predicted molar refractivity (Wildman–Crippen MR) is 85.5 cm³/mol. The van der Waals surface area contributed by atoms with E-state index in [0.29, 0.717) is 18.7 Å². The second kappa shape index (κ2) is 7.31. The number of rotatable bonds is 6. The van der Waals surface area contributed by atoms with Gasteiger partial charge in [-0.2, -0.15) is 0 Å². The summed E-state index contributed by atoms with van der Waals surface area (Å²) in [7, 11) is 0. The highest BCUT2D eigenvalue weighted by atomic mass is 79.9. The molecule has 0 fully saturated rings. The van der Waals surface area contributed by atoms with Crippen LogP contribution < -0.4 is 5.32 Å². The van der Waals surface area contributed by atoms with Gasteiger partial charge in [0, 0.05) is 16.6 Å². The van der Waals surface area contributed by atoms with Gasteiger partial charge in [-0.1, -0.05) is 6.92 Å². The van der Waals surface area contributed by atoms with Crippen molar-refractivity contribution in [2.75, 3.05) is 11.9 Å². The molecule has 0 amide bonds. The monoisotopic (exact) mass is 351 g/mol. The molecule has 1 aromatic carbocycles. The molecule has 1 N–H and O–H groups in total. The minimum absolute atomic E-state index is 0.316. The van der Waals surface area contributed by atoms with E-state index < -0.39 is 0 Å². The van der Waals surface area contributed by atoms with Crippen molar-refractivity contribution in [3.05, 3.63) is 51.9 Å². The van der Waals surface area contributed by atoms with E-state index in [1.165, 1.54) is 0 Å². The standard InChI is InChI=1S/C16H18BrNO3/c1-3-12-6-7-13(21-12)10-18-15-8-5-11(9-14(15)17)16(19)20-4-2/h5-9,18H,3-4,10H2,1-2H3. The summed E-state index contributed by atoms with van der Waals surface area (Å²) in [5.41, 5.74) is 1.43. The zero-order chi connectivity index (χ0) is 15.2. The molecule has 1 aromatic heterocycles. The maximum atomic E-state index is 11.6. The average molecular weight is 352 g/mol. The lowest BCUT2D eigenvalue weighted by atomic mass is 10.2. The predicted octanol–water partition coefficient (Wildman–Crippen LogP) is 4.39. The number of ether oxygens (including phenoxy) is 1. The van der Waals surface area contributed by atoms with Gasteiger partial charge in [0.15, 0.2) is 0 Å². The Balaban J connectivity index is 2.02. The van der Waals surface area contributed by atoms with Crippen LogP contribution >= 0.6 is 15.9 Å². The Morgan fingerprint density at radius 3 is 2.62 bits per heavy atom. The molecule has 0 radical (unpaired) electrons. The topological polar surface area (TPSA) is 51.5 Å². The van der Waals surface area contributed by atoms with E-state index in [2.05, 4.69) is 28.2 Å². The van der Waals surface area contributed by atoms with E-state index in [4.69, 9.17) is 9.15 Å². The summed E-state index contributed by atoms with van der Waals surface area (Å²) < 4.78 is 11.4. The highest BCUT2D eigenvalue weighted by Gasteiger charge is 2.09. The summed E-state index contributed by atoms with van der Waals surface area (Å²) in [6.45, 7) is 4.81. The molecule has 0 aliphatic rings. The maximum Gasteiger partial charge on any atom is 0.338 e. The number of carbonyl (C=O) groups is 1. The van der Waals surface area contributed by atoms with Gasteiger partial charge in [0.25, 0.3) is 0 Å². The van der Waals surface area contributed by atoms with Gasteiger partial charge >= 0.3 is 5.97 Å². The number of hydrogen-bond donors (Lipinski definition) is 1. The van der Waals surface area contributed by atoms with Crippen molar-refractivity contribution in [1.82, 2.24) is 0 Å². The van der Waals surface area contributed by atoms with E-state index in [-0.39, 0.29) is 5.97 Å². The number of nitrogens with one attached hydrogen (secondary N) is 1. The third-order valence-electron chi connectivity index (χ3n) is 3.00. The lowest BCUT2D eigenvalue weighted by Crippen LogP contribution is -2.05. The summed E-state index contributed by atoms with van der Waals surface area (Å²) in [5.74, 6) is 1.54. The Bertz CT molecular complexity index is 622. The second-order valence-electron chi connectivity index (χ2n) is 4.49. The molecule has 0 aliphatic heterocycles. The Hall–Kier alpha value is -1.75. The number of carbonyl (C=O) groups excluding carboxylic acids is 1. The highest BCUT2D eigenvalue weighted by Crippen LogP contribution is 2.25. The molecule has 0 aliphatic carbocycles. The van der Waals surface area contributed by atoms with E-state index in [1.54, 1.807) is 19.1 Å². The molecule has 2 aromatic rings. The van der Waals surface area contributed by atoms with Crippen LogP contribution in [0.3, 0.4) is 0 Å². The van der Waals surface area contributed by atoms with Gasteiger partial charge in [-0.25, -0.2) is 4.79 Å². The molecular formula is C16H18BrNO3. The normalized spacial score (nSPS) is 10.4. The molecule has 0 spiro atoms. The average Bonchev–Trinajstić information content (AvgIpc) is 2.94. The Kier molecular flexibility index (Phi) is 5.44. The molecule has 0 bridgehead atoms. The smallest absolute Gasteiger partial charge is 0.338 e. The van der Waals surface area contributed by atoms with Crippen molar-refractivity contribution in [3.63, 3.8) is 0 Å². The molecule has 1 heterocycles. The van der Waals surface area contributed by atoms with Gasteiger partial charge in [0.2, 0.25) is 0 Å². The molecular weight excluding hydrogens is 334 g/mol. The van der Waals surface area contributed by atoms with Crippen LogP contribution in [0.25, 0.3) is 0 Å². The van der Waals surface area contributed by atoms with Crippen LogP contribution in [-0.4, -0.2) is 12.6 Å². The molecule has 0 saturated carbocycles. The number of aryl methyl sites for hydroxylation is 1. The van der Waals surface area contributed by atoms with Crippen LogP contribution in [0.5, 0.6) is 0 Å². The van der Waals surface area contributed by atoms with E-state index in [9.17, 15) is 4.79 Å². The highest BCUT2D eigenvalue weighted by molar-refractivity contribution is 9.10. The first-order chi connectivity index (χ1) is 10.1. The largest absolute Gasteiger partial charge is 0.464 e. The third kappa shape index (κ3) is 4.11. The fourth-order valence-electron chi connectivity index (χ4n) is 1.89. The molecule has 2 rings (SSSR count). The van der Waals surface area contributed by atoms with E-state index in [0.717, 1.165) is 28.1 Å². The Morgan fingerprint density at radius 1 is 1.24 bits per heavy atom. The molecule has 5 heteroatoms. The van der Waals surface area contributed by atoms with Gasteiger partial charge in [-0.05, 0) is 53.2 Å². The fourth-order valence-corrected chi connectivity index (χ4v) is 2.41. The SMILES string of the molecule is CCOC(=O)c1ccc(NCc2ccc(CC)o2)c(Br)c1. The molecule has 0 atom stereocenters. The van der Waals surface area contributed by atoms with Crippen LogP contribution in [-0.2, 0) is 17.7 Å². The first kappa shape index (κ1) is 15.6. The minimum Gasteiger partial charge on any atom is -0.464 e. The lowest BCUT2D eigenvalue weighted by Gasteiger charge is -2.09.